The molecule has 0 bridgehead atoms. The molecule has 5 nitrogen and oxygen atoms in total. The zero-order valence-electron chi connectivity index (χ0n) is 33.7. The molecule has 0 atom stereocenters. The van der Waals surface area contributed by atoms with Crippen molar-refractivity contribution in [2.75, 3.05) is 0 Å². The molecule has 0 aliphatic carbocycles. The molecule has 11 rings (SSSR count). The van der Waals surface area contributed by atoms with Gasteiger partial charge in [-0.25, -0.2) is 9.97 Å². The lowest BCUT2D eigenvalue weighted by Gasteiger charge is -2.27. The van der Waals surface area contributed by atoms with Crippen LogP contribution in [0.2, 0.25) is 0 Å². The Morgan fingerprint density at radius 3 is 1.66 bits per heavy atom. The smallest absolute Gasteiger partial charge is 0.160 e. The van der Waals surface area contributed by atoms with E-state index in [4.69, 9.17) is 9.97 Å². The van der Waals surface area contributed by atoms with Gasteiger partial charge in [-0.05, 0) is 53.1 Å². The number of nitrogens with zero attached hydrogens (tertiary/aromatic N) is 3. The van der Waals surface area contributed by atoms with E-state index in [1.165, 1.54) is 10.8 Å². The molecule has 62 heavy (non-hydrogen) atoms. The molecule has 8 aromatic carbocycles. The maximum Gasteiger partial charge on any atom is 0.160 e. The number of benzene rings is 8. The van der Waals surface area contributed by atoms with E-state index in [9.17, 15) is 5.41 Å². The molecule has 0 fully saturated rings. The van der Waals surface area contributed by atoms with Gasteiger partial charge in [0.2, 0.25) is 0 Å². The van der Waals surface area contributed by atoms with Gasteiger partial charge in [0.15, 0.2) is 5.82 Å². The number of aromatic nitrogens is 3. The summed E-state index contributed by atoms with van der Waals surface area (Å²) >= 11 is 0. The molecule has 0 spiro atoms. The highest BCUT2D eigenvalue weighted by Crippen LogP contribution is 2.41. The molecule has 10 aromatic rings. The first-order valence-electron chi connectivity index (χ1n) is 20.8. The number of para-hydroxylation sites is 2. The zero-order valence-corrected chi connectivity index (χ0v) is 33.7. The van der Waals surface area contributed by atoms with Crippen LogP contribution in [0.1, 0.15) is 27.8 Å². The number of hydrogen-bond acceptors (Lipinski definition) is 4. The minimum atomic E-state index is 0.434. The van der Waals surface area contributed by atoms with Crippen LogP contribution in [-0.2, 0) is 0 Å². The summed E-state index contributed by atoms with van der Waals surface area (Å²) in [6.07, 6.45) is 2.23. The summed E-state index contributed by atoms with van der Waals surface area (Å²) in [5.41, 5.74) is 15.8. The summed E-state index contributed by atoms with van der Waals surface area (Å²) in [7, 11) is 0. The third-order valence-corrected chi connectivity index (χ3v) is 11.6. The summed E-state index contributed by atoms with van der Waals surface area (Å²) < 4.78 is 2.34. The van der Waals surface area contributed by atoms with Crippen LogP contribution in [0.15, 0.2) is 218 Å². The maximum atomic E-state index is 9.76. The van der Waals surface area contributed by atoms with E-state index in [0.717, 1.165) is 89.6 Å². The first kappa shape index (κ1) is 36.7. The molecular formula is C57H39N5. The van der Waals surface area contributed by atoms with E-state index < -0.39 is 0 Å². The average molecular weight is 794 g/mol. The molecule has 2 aromatic heterocycles. The minimum absolute atomic E-state index is 0.434. The van der Waals surface area contributed by atoms with Crippen molar-refractivity contribution in [1.82, 2.24) is 19.9 Å². The van der Waals surface area contributed by atoms with Crippen LogP contribution in [-0.4, -0.2) is 20.2 Å². The average Bonchev–Trinajstić information content (AvgIpc) is 3.69. The fourth-order valence-corrected chi connectivity index (χ4v) is 8.74. The van der Waals surface area contributed by atoms with Crippen molar-refractivity contribution >= 4 is 50.6 Å². The van der Waals surface area contributed by atoms with Crippen LogP contribution in [0, 0.1) is 5.41 Å². The second kappa shape index (κ2) is 15.6. The van der Waals surface area contributed by atoms with Gasteiger partial charge >= 0.3 is 0 Å². The summed E-state index contributed by atoms with van der Waals surface area (Å²) in [5, 5.41) is 16.0. The Balaban J connectivity index is 1.14. The molecule has 292 valence electrons. The Morgan fingerprint density at radius 2 is 0.984 bits per heavy atom. The number of hydrogen-bond donors (Lipinski definition) is 2. The van der Waals surface area contributed by atoms with Crippen LogP contribution in [0.3, 0.4) is 0 Å². The standard InChI is InChI=1S/C57H39N5/c58-55(40-23-9-3-10-24-40)54(39-21-7-2-8-22-39)56-47-32-18-31-44(48(47)36-49(59-56)38-19-5-1-6-20-38)51-37-50(60-57(61-51)41-25-11-4-12-26-41)42-27-17-28-43(35-42)62-52-33-15-13-29-45(52)46-30-14-16-34-53(46)62/h1-37,58-59H/b56-54-,58-55?. The first-order valence-corrected chi connectivity index (χ1v) is 20.8. The van der Waals surface area contributed by atoms with Gasteiger partial charge in [-0.15, -0.1) is 0 Å². The predicted molar refractivity (Wildman–Crippen MR) is 257 cm³/mol. The Bertz CT molecular complexity index is 3310. The van der Waals surface area contributed by atoms with Gasteiger partial charge in [-0.2, -0.15) is 0 Å². The Kier molecular flexibility index (Phi) is 9.25. The lowest BCUT2D eigenvalue weighted by Crippen LogP contribution is -2.20. The predicted octanol–water partition coefficient (Wildman–Crippen LogP) is 13.6. The molecule has 3 heterocycles. The van der Waals surface area contributed by atoms with E-state index >= 15 is 0 Å². The number of rotatable bonds is 8. The van der Waals surface area contributed by atoms with Crippen LogP contribution in [0.5, 0.6) is 0 Å². The van der Waals surface area contributed by atoms with Gasteiger partial charge in [0.25, 0.3) is 0 Å². The molecule has 0 saturated carbocycles. The van der Waals surface area contributed by atoms with Crippen molar-refractivity contribution in [2.45, 2.75) is 0 Å². The Morgan fingerprint density at radius 1 is 0.452 bits per heavy atom. The van der Waals surface area contributed by atoms with Crippen molar-refractivity contribution in [2.24, 2.45) is 0 Å². The quantitative estimate of drug-likeness (QED) is 0.151. The van der Waals surface area contributed by atoms with E-state index in [2.05, 4.69) is 162 Å². The van der Waals surface area contributed by atoms with Crippen LogP contribution in [0.4, 0.5) is 0 Å². The van der Waals surface area contributed by atoms with Gasteiger partial charge in [-0.1, -0.05) is 188 Å². The molecule has 2 N–H and O–H groups in total. The van der Waals surface area contributed by atoms with Crippen molar-refractivity contribution in [3.05, 3.63) is 246 Å². The third kappa shape index (κ3) is 6.59. The Labute approximate surface area is 360 Å². The topological polar surface area (TPSA) is 66.6 Å². The lowest BCUT2D eigenvalue weighted by atomic mass is 9.86. The Hall–Kier alpha value is -8.41. The van der Waals surface area contributed by atoms with E-state index in [0.29, 0.717) is 11.5 Å². The molecule has 0 unspecified atom stereocenters. The number of allylic oxidation sites excluding steroid dienone is 1. The second-order valence-corrected chi connectivity index (χ2v) is 15.4. The van der Waals surface area contributed by atoms with Gasteiger partial charge in [0, 0.05) is 55.5 Å². The molecule has 5 heteroatoms. The molecule has 0 amide bonds. The molecular weight excluding hydrogens is 755 g/mol. The molecule has 0 radical (unpaired) electrons. The van der Waals surface area contributed by atoms with Gasteiger partial charge in [-0.3, -0.25) is 5.41 Å². The number of nitrogens with one attached hydrogen (secondary N) is 2. The summed E-state index contributed by atoms with van der Waals surface area (Å²) in [6.45, 7) is 0. The minimum Gasteiger partial charge on any atom is -0.354 e. The van der Waals surface area contributed by atoms with Crippen molar-refractivity contribution in [1.29, 1.82) is 5.41 Å². The highest BCUT2D eigenvalue weighted by atomic mass is 15.0. The van der Waals surface area contributed by atoms with Crippen LogP contribution < -0.4 is 5.32 Å². The van der Waals surface area contributed by atoms with Crippen molar-refractivity contribution in [3.63, 3.8) is 0 Å². The highest BCUT2D eigenvalue weighted by molar-refractivity contribution is 6.36. The fourth-order valence-electron chi connectivity index (χ4n) is 8.74. The highest BCUT2D eigenvalue weighted by Gasteiger charge is 2.26. The SMILES string of the molecule is N=C(/C(=C1\NC(c2ccccc2)=Cc2c1cccc2-c1cc(-c2cccc(-n3c4ccccc4c4ccccc43)c2)nc(-c2ccccc2)n1)c1ccccc1)c1ccccc1. The summed E-state index contributed by atoms with van der Waals surface area (Å²) in [6, 6.07) is 75.2. The lowest BCUT2D eigenvalue weighted by molar-refractivity contribution is 1.16. The van der Waals surface area contributed by atoms with Crippen molar-refractivity contribution < 1.29 is 0 Å². The first-order chi connectivity index (χ1) is 30.7. The molecule has 1 aliphatic rings. The maximum absolute atomic E-state index is 9.76. The largest absolute Gasteiger partial charge is 0.354 e. The normalized spacial score (nSPS) is 13.0. The van der Waals surface area contributed by atoms with Gasteiger partial charge in [0.05, 0.1) is 33.8 Å². The monoisotopic (exact) mass is 793 g/mol. The van der Waals surface area contributed by atoms with Crippen LogP contribution in [0.25, 0.3) is 84.4 Å². The van der Waals surface area contributed by atoms with Gasteiger partial charge in [0.1, 0.15) is 0 Å². The van der Waals surface area contributed by atoms with Gasteiger partial charge < -0.3 is 9.88 Å². The fraction of sp³-hybridized carbons (Fsp3) is 0. The molecule has 0 saturated heterocycles. The number of fused-ring (bicyclic) bond motifs is 4. The van der Waals surface area contributed by atoms with E-state index in [1.807, 2.05) is 72.8 Å². The van der Waals surface area contributed by atoms with Crippen molar-refractivity contribution in [3.8, 4) is 39.6 Å². The molecule has 1 aliphatic heterocycles. The summed E-state index contributed by atoms with van der Waals surface area (Å²) in [4.78, 5) is 10.6. The zero-order chi connectivity index (χ0) is 41.4. The van der Waals surface area contributed by atoms with E-state index in [1.54, 1.807) is 0 Å². The van der Waals surface area contributed by atoms with Crippen LogP contribution >= 0.6 is 0 Å². The van der Waals surface area contributed by atoms with E-state index in [-0.39, 0.29) is 0 Å². The summed E-state index contributed by atoms with van der Waals surface area (Å²) in [5.74, 6) is 0.644. The second-order valence-electron chi connectivity index (χ2n) is 15.4. The third-order valence-electron chi connectivity index (χ3n) is 11.6.